The molecule has 0 saturated carbocycles. The number of carbonyl (C=O) groups excluding carboxylic acids is 1. The van der Waals surface area contributed by atoms with Gasteiger partial charge >= 0.3 is 0 Å². The Kier molecular flexibility index (Phi) is 3.84. The van der Waals surface area contributed by atoms with Crippen LogP contribution in [0.25, 0.3) is 0 Å². The summed E-state index contributed by atoms with van der Waals surface area (Å²) in [4.78, 5) is 14.7. The molecule has 2 heterocycles. The van der Waals surface area contributed by atoms with Crippen molar-refractivity contribution < 1.29 is 14.3 Å². The van der Waals surface area contributed by atoms with E-state index in [9.17, 15) is 4.79 Å². The zero-order valence-electron chi connectivity index (χ0n) is 10.7. The van der Waals surface area contributed by atoms with Gasteiger partial charge in [-0.25, -0.2) is 0 Å². The molecule has 0 spiro atoms. The van der Waals surface area contributed by atoms with E-state index < -0.39 is 5.54 Å². The minimum Gasteiger partial charge on any atom is -0.490 e. The van der Waals surface area contributed by atoms with Crippen LogP contribution in [0.5, 0.6) is 0 Å². The van der Waals surface area contributed by atoms with E-state index in [1.54, 1.807) is 0 Å². The molecule has 0 bridgehead atoms. The van der Waals surface area contributed by atoms with Crippen molar-refractivity contribution in [2.45, 2.75) is 32.2 Å². The maximum absolute atomic E-state index is 12.5. The summed E-state index contributed by atoms with van der Waals surface area (Å²) in [5, 5.41) is 0. The lowest BCUT2D eigenvalue weighted by Crippen LogP contribution is -2.56. The van der Waals surface area contributed by atoms with Crippen molar-refractivity contribution in [3.8, 4) is 0 Å². The number of ether oxygens (including phenoxy) is 2. The van der Waals surface area contributed by atoms with Gasteiger partial charge < -0.3 is 9.47 Å². The average molecular weight is 239 g/mol. The summed E-state index contributed by atoms with van der Waals surface area (Å²) in [7, 11) is 0. The van der Waals surface area contributed by atoms with Crippen LogP contribution in [0.15, 0.2) is 11.8 Å². The number of hydrogen-bond donors (Lipinski definition) is 0. The molecule has 2 aliphatic rings. The van der Waals surface area contributed by atoms with E-state index in [4.69, 9.17) is 9.47 Å². The fraction of sp³-hybridized carbons (Fsp3) is 0.769. The van der Waals surface area contributed by atoms with Gasteiger partial charge in [-0.2, -0.15) is 0 Å². The summed E-state index contributed by atoms with van der Waals surface area (Å²) in [6.45, 7) is 7.79. The first-order valence-electron chi connectivity index (χ1n) is 6.39. The fourth-order valence-electron chi connectivity index (χ4n) is 2.43. The van der Waals surface area contributed by atoms with E-state index >= 15 is 0 Å². The van der Waals surface area contributed by atoms with Gasteiger partial charge in [0.25, 0.3) is 0 Å². The first kappa shape index (κ1) is 12.6. The van der Waals surface area contributed by atoms with E-state index in [-0.39, 0.29) is 5.78 Å². The number of ketones is 1. The van der Waals surface area contributed by atoms with Crippen molar-refractivity contribution >= 4 is 5.78 Å². The molecule has 4 heteroatoms. The minimum atomic E-state index is -0.444. The third kappa shape index (κ3) is 2.38. The van der Waals surface area contributed by atoms with E-state index in [0.717, 1.165) is 25.9 Å². The molecule has 0 aromatic rings. The monoisotopic (exact) mass is 239 g/mol. The zero-order chi connectivity index (χ0) is 12.3. The number of morpholine rings is 1. The van der Waals surface area contributed by atoms with Crippen LogP contribution >= 0.6 is 0 Å². The van der Waals surface area contributed by atoms with Crippen LogP contribution in [-0.2, 0) is 14.3 Å². The second kappa shape index (κ2) is 5.19. The van der Waals surface area contributed by atoms with Crippen LogP contribution in [0.1, 0.15) is 26.7 Å². The third-order valence-corrected chi connectivity index (χ3v) is 3.82. The lowest BCUT2D eigenvalue weighted by Gasteiger charge is -2.41. The molecule has 1 unspecified atom stereocenters. The van der Waals surface area contributed by atoms with Gasteiger partial charge in [0.15, 0.2) is 5.76 Å². The summed E-state index contributed by atoms with van der Waals surface area (Å²) in [5.74, 6) is 0.681. The van der Waals surface area contributed by atoms with E-state index in [0.29, 0.717) is 25.6 Å². The van der Waals surface area contributed by atoms with Crippen LogP contribution in [0.4, 0.5) is 0 Å². The van der Waals surface area contributed by atoms with Crippen molar-refractivity contribution in [2.75, 3.05) is 32.9 Å². The molecule has 0 radical (unpaired) electrons. The highest BCUT2D eigenvalue weighted by Gasteiger charge is 2.41. The molecule has 1 saturated heterocycles. The van der Waals surface area contributed by atoms with Gasteiger partial charge in [0.05, 0.1) is 25.4 Å². The highest BCUT2D eigenvalue weighted by molar-refractivity contribution is 6.01. The smallest absolute Gasteiger partial charge is 0.216 e. The van der Waals surface area contributed by atoms with Gasteiger partial charge in [0.2, 0.25) is 5.78 Å². The Morgan fingerprint density at radius 1 is 1.41 bits per heavy atom. The molecule has 0 aliphatic carbocycles. The Bertz CT molecular complexity index is 321. The van der Waals surface area contributed by atoms with Crippen molar-refractivity contribution in [3.63, 3.8) is 0 Å². The standard InChI is InChI=1S/C13H21NO3/c1-3-13(2,14-6-9-16-10-7-14)12(15)11-5-4-8-17-11/h5H,3-4,6-10H2,1-2H3. The van der Waals surface area contributed by atoms with Crippen LogP contribution in [0.2, 0.25) is 0 Å². The van der Waals surface area contributed by atoms with Crippen LogP contribution in [0.3, 0.4) is 0 Å². The number of rotatable bonds is 4. The first-order valence-corrected chi connectivity index (χ1v) is 6.39. The third-order valence-electron chi connectivity index (χ3n) is 3.82. The second-order valence-electron chi connectivity index (χ2n) is 4.76. The van der Waals surface area contributed by atoms with Gasteiger partial charge in [-0.3, -0.25) is 9.69 Å². The van der Waals surface area contributed by atoms with Crippen LogP contribution in [0, 0.1) is 0 Å². The molecule has 2 rings (SSSR count). The normalized spacial score (nSPS) is 24.9. The van der Waals surface area contributed by atoms with Gasteiger partial charge in [-0.05, 0) is 19.4 Å². The largest absolute Gasteiger partial charge is 0.490 e. The highest BCUT2D eigenvalue weighted by Crippen LogP contribution is 2.27. The van der Waals surface area contributed by atoms with Gasteiger partial charge in [0, 0.05) is 19.5 Å². The SMILES string of the molecule is CCC(C)(C(=O)C1=CCCO1)N1CCOCC1. The molecular formula is C13H21NO3. The van der Waals surface area contributed by atoms with Gasteiger partial charge in [0.1, 0.15) is 0 Å². The predicted octanol–water partition coefficient (Wildman–Crippen LogP) is 1.36. The summed E-state index contributed by atoms with van der Waals surface area (Å²) < 4.78 is 10.8. The highest BCUT2D eigenvalue weighted by atomic mass is 16.5. The molecule has 0 aromatic carbocycles. The Morgan fingerprint density at radius 2 is 2.12 bits per heavy atom. The van der Waals surface area contributed by atoms with Gasteiger partial charge in [-0.1, -0.05) is 6.92 Å². The second-order valence-corrected chi connectivity index (χ2v) is 4.76. The molecule has 96 valence electrons. The Labute approximate surface area is 103 Å². The Hall–Kier alpha value is -0.870. The topological polar surface area (TPSA) is 38.8 Å². The van der Waals surface area contributed by atoms with E-state index in [2.05, 4.69) is 11.8 Å². The first-order chi connectivity index (χ1) is 8.18. The number of hydrogen-bond acceptors (Lipinski definition) is 4. The Balaban J connectivity index is 2.14. The van der Waals surface area contributed by atoms with Crippen molar-refractivity contribution in [1.82, 2.24) is 4.90 Å². The lowest BCUT2D eigenvalue weighted by molar-refractivity contribution is -0.133. The minimum absolute atomic E-state index is 0.124. The number of Topliss-reactive ketones (excluding diaryl/α,β-unsaturated/α-hetero) is 1. The fourth-order valence-corrected chi connectivity index (χ4v) is 2.43. The van der Waals surface area contributed by atoms with Crippen molar-refractivity contribution in [2.24, 2.45) is 0 Å². The molecule has 1 atom stereocenters. The van der Waals surface area contributed by atoms with Gasteiger partial charge in [-0.15, -0.1) is 0 Å². The van der Waals surface area contributed by atoms with Crippen LogP contribution in [-0.4, -0.2) is 49.1 Å². The molecule has 0 N–H and O–H groups in total. The molecule has 0 aromatic heterocycles. The van der Waals surface area contributed by atoms with Crippen molar-refractivity contribution in [3.05, 3.63) is 11.8 Å². The van der Waals surface area contributed by atoms with E-state index in [1.807, 2.05) is 13.0 Å². The summed E-state index contributed by atoms with van der Waals surface area (Å²) in [6, 6.07) is 0. The summed E-state index contributed by atoms with van der Waals surface area (Å²) >= 11 is 0. The average Bonchev–Trinajstić information content (AvgIpc) is 2.92. The summed E-state index contributed by atoms with van der Waals surface area (Å²) in [5.41, 5.74) is -0.444. The van der Waals surface area contributed by atoms with E-state index in [1.165, 1.54) is 0 Å². The number of carbonyl (C=O) groups is 1. The Morgan fingerprint density at radius 3 is 2.65 bits per heavy atom. The zero-order valence-corrected chi connectivity index (χ0v) is 10.7. The quantitative estimate of drug-likeness (QED) is 0.742. The maximum Gasteiger partial charge on any atom is 0.216 e. The molecule has 0 amide bonds. The molecule has 1 fully saturated rings. The summed E-state index contributed by atoms with van der Waals surface area (Å²) in [6.07, 6.45) is 3.56. The van der Waals surface area contributed by atoms with Crippen molar-refractivity contribution in [1.29, 1.82) is 0 Å². The predicted molar refractivity (Wildman–Crippen MR) is 64.7 cm³/mol. The van der Waals surface area contributed by atoms with Crippen LogP contribution < -0.4 is 0 Å². The molecule has 17 heavy (non-hydrogen) atoms. The number of nitrogens with zero attached hydrogens (tertiary/aromatic N) is 1. The molecule has 4 nitrogen and oxygen atoms in total. The molecular weight excluding hydrogens is 218 g/mol. The lowest BCUT2D eigenvalue weighted by atomic mass is 9.89. The maximum atomic E-state index is 12.5. The molecule has 2 aliphatic heterocycles.